The van der Waals surface area contributed by atoms with Gasteiger partial charge in [0.15, 0.2) is 0 Å². The number of nitrogens with two attached hydrogens (primary N) is 1. The van der Waals surface area contributed by atoms with Crippen LogP contribution in [0.15, 0.2) is 12.1 Å². The Hall–Kier alpha value is -1.06. The highest BCUT2D eigenvalue weighted by Gasteiger charge is 2.24. The van der Waals surface area contributed by atoms with Crippen molar-refractivity contribution >= 4 is 0 Å². The summed E-state index contributed by atoms with van der Waals surface area (Å²) >= 11 is 0. The van der Waals surface area contributed by atoms with Crippen molar-refractivity contribution < 1.29 is 4.74 Å². The van der Waals surface area contributed by atoms with Gasteiger partial charge in [0.2, 0.25) is 0 Å². The Morgan fingerprint density at radius 2 is 1.84 bits per heavy atom. The Morgan fingerprint density at radius 1 is 1.26 bits per heavy atom. The molecule has 0 heterocycles. The number of methoxy groups -OCH3 is 1. The normalized spacial score (nSPS) is 13.7. The fraction of sp³-hybridized carbons (Fsp3) is 0.625. The summed E-state index contributed by atoms with van der Waals surface area (Å²) in [7, 11) is 5.80. The highest BCUT2D eigenvalue weighted by molar-refractivity contribution is 5.49. The van der Waals surface area contributed by atoms with Crippen molar-refractivity contribution in [3.63, 3.8) is 0 Å². The zero-order valence-electron chi connectivity index (χ0n) is 13.4. The lowest BCUT2D eigenvalue weighted by Crippen LogP contribution is -2.27. The van der Waals surface area contributed by atoms with Crippen LogP contribution in [-0.4, -0.2) is 32.6 Å². The molecule has 0 amide bonds. The van der Waals surface area contributed by atoms with E-state index in [-0.39, 0.29) is 11.5 Å². The molecule has 0 aliphatic rings. The van der Waals surface area contributed by atoms with E-state index in [1.165, 1.54) is 11.1 Å². The summed E-state index contributed by atoms with van der Waals surface area (Å²) < 4.78 is 5.66. The molecular formula is C16H28N2O. The number of likely N-dealkylation sites (N-methyl/N-ethyl adjacent to an activating group) is 1. The number of hydrogen-bond acceptors (Lipinski definition) is 3. The van der Waals surface area contributed by atoms with Crippen LogP contribution in [0.25, 0.3) is 0 Å². The fourth-order valence-electron chi connectivity index (χ4n) is 2.35. The average molecular weight is 264 g/mol. The molecule has 0 aliphatic carbocycles. The van der Waals surface area contributed by atoms with Crippen molar-refractivity contribution in [1.82, 2.24) is 4.90 Å². The first-order chi connectivity index (χ1) is 8.66. The highest BCUT2D eigenvalue weighted by Crippen LogP contribution is 2.37. The van der Waals surface area contributed by atoms with Crippen LogP contribution in [0.5, 0.6) is 5.75 Å². The summed E-state index contributed by atoms with van der Waals surface area (Å²) in [5.41, 5.74) is 9.93. The van der Waals surface area contributed by atoms with Gasteiger partial charge >= 0.3 is 0 Å². The molecule has 0 radical (unpaired) electrons. The Balaban J connectivity index is 3.35. The molecule has 0 aromatic heterocycles. The van der Waals surface area contributed by atoms with Crippen LogP contribution in [0, 0.1) is 6.92 Å². The van der Waals surface area contributed by atoms with E-state index in [0.717, 1.165) is 17.9 Å². The molecule has 0 fully saturated rings. The summed E-state index contributed by atoms with van der Waals surface area (Å²) in [6.07, 6.45) is 0. The number of hydrogen-bond donors (Lipinski definition) is 1. The predicted octanol–water partition coefficient (Wildman–Crippen LogP) is 2.86. The third kappa shape index (κ3) is 3.95. The molecule has 3 nitrogen and oxygen atoms in total. The van der Waals surface area contributed by atoms with Crippen LogP contribution in [0.1, 0.15) is 43.5 Å². The van der Waals surface area contributed by atoms with Gasteiger partial charge in [-0.1, -0.05) is 38.5 Å². The molecular weight excluding hydrogens is 236 g/mol. The minimum atomic E-state index is -0.0362. The van der Waals surface area contributed by atoms with Gasteiger partial charge in [0.1, 0.15) is 5.75 Å². The second-order valence-corrected chi connectivity index (χ2v) is 6.55. The molecule has 0 saturated heterocycles. The van der Waals surface area contributed by atoms with Gasteiger partial charge in [-0.2, -0.15) is 0 Å². The zero-order chi connectivity index (χ0) is 14.8. The Morgan fingerprint density at radius 3 is 2.26 bits per heavy atom. The molecule has 2 N–H and O–H groups in total. The Bertz CT molecular complexity index is 433. The number of benzene rings is 1. The Kier molecular flexibility index (Phi) is 4.99. The summed E-state index contributed by atoms with van der Waals surface area (Å²) in [5.74, 6) is 0.937. The van der Waals surface area contributed by atoms with Gasteiger partial charge in [0, 0.05) is 23.7 Å². The van der Waals surface area contributed by atoms with Gasteiger partial charge in [-0.15, -0.1) is 0 Å². The minimum absolute atomic E-state index is 0.0362. The fourth-order valence-corrected chi connectivity index (χ4v) is 2.35. The molecule has 0 bridgehead atoms. The second-order valence-electron chi connectivity index (χ2n) is 6.55. The average Bonchev–Trinajstić information content (AvgIpc) is 2.25. The SMILES string of the molecule is COc1c(C(N)CN(C)C)cc(C)cc1C(C)(C)C. The van der Waals surface area contributed by atoms with Gasteiger partial charge in [0.25, 0.3) is 0 Å². The third-order valence-corrected chi connectivity index (χ3v) is 3.24. The van der Waals surface area contributed by atoms with Gasteiger partial charge in [-0.05, 0) is 26.4 Å². The van der Waals surface area contributed by atoms with Crippen molar-refractivity contribution in [1.29, 1.82) is 0 Å². The molecule has 1 atom stereocenters. The number of aryl methyl sites for hydroxylation is 1. The number of rotatable bonds is 4. The molecule has 3 heteroatoms. The summed E-state index contributed by atoms with van der Waals surface area (Å²) in [6, 6.07) is 4.30. The van der Waals surface area contributed by atoms with Gasteiger partial charge in [-0.25, -0.2) is 0 Å². The molecule has 19 heavy (non-hydrogen) atoms. The lowest BCUT2D eigenvalue weighted by Gasteiger charge is -2.27. The predicted molar refractivity (Wildman–Crippen MR) is 81.9 cm³/mol. The first-order valence-corrected chi connectivity index (χ1v) is 6.76. The maximum absolute atomic E-state index is 6.33. The van der Waals surface area contributed by atoms with E-state index < -0.39 is 0 Å². The van der Waals surface area contributed by atoms with E-state index in [0.29, 0.717) is 0 Å². The maximum atomic E-state index is 6.33. The molecule has 1 rings (SSSR count). The van der Waals surface area contributed by atoms with E-state index in [4.69, 9.17) is 10.5 Å². The molecule has 1 unspecified atom stereocenters. The zero-order valence-corrected chi connectivity index (χ0v) is 13.4. The Labute approximate surface area is 117 Å². The molecule has 108 valence electrons. The highest BCUT2D eigenvalue weighted by atomic mass is 16.5. The van der Waals surface area contributed by atoms with Crippen LogP contribution in [0.3, 0.4) is 0 Å². The van der Waals surface area contributed by atoms with Crippen LogP contribution >= 0.6 is 0 Å². The van der Waals surface area contributed by atoms with Crippen LogP contribution in [-0.2, 0) is 5.41 Å². The van der Waals surface area contributed by atoms with E-state index in [1.54, 1.807) is 7.11 Å². The maximum Gasteiger partial charge on any atom is 0.127 e. The molecule has 0 spiro atoms. The lowest BCUT2D eigenvalue weighted by molar-refractivity contribution is 0.357. The van der Waals surface area contributed by atoms with Crippen LogP contribution in [0.2, 0.25) is 0 Å². The van der Waals surface area contributed by atoms with Gasteiger partial charge in [-0.3, -0.25) is 0 Å². The number of nitrogens with zero attached hydrogens (tertiary/aromatic N) is 1. The standard InChI is InChI=1S/C16H28N2O/c1-11-8-12(14(17)10-18(5)6)15(19-7)13(9-11)16(2,3)4/h8-9,14H,10,17H2,1-7H3. The van der Waals surface area contributed by atoms with E-state index in [9.17, 15) is 0 Å². The van der Waals surface area contributed by atoms with Crippen molar-refractivity contribution in [2.75, 3.05) is 27.7 Å². The second kappa shape index (κ2) is 5.93. The summed E-state index contributed by atoms with van der Waals surface area (Å²) in [4.78, 5) is 2.10. The topological polar surface area (TPSA) is 38.5 Å². The molecule has 0 aliphatic heterocycles. The van der Waals surface area contributed by atoms with E-state index >= 15 is 0 Å². The van der Waals surface area contributed by atoms with Gasteiger partial charge in [0.05, 0.1) is 7.11 Å². The minimum Gasteiger partial charge on any atom is -0.496 e. The first kappa shape index (κ1) is 16.0. The number of ether oxygens (including phenoxy) is 1. The summed E-state index contributed by atoms with van der Waals surface area (Å²) in [5, 5.41) is 0. The largest absolute Gasteiger partial charge is 0.496 e. The van der Waals surface area contributed by atoms with E-state index in [1.807, 2.05) is 14.1 Å². The lowest BCUT2D eigenvalue weighted by atomic mass is 9.83. The van der Waals surface area contributed by atoms with Crippen molar-refractivity contribution in [3.05, 3.63) is 28.8 Å². The molecule has 1 aromatic carbocycles. The molecule has 1 aromatic rings. The van der Waals surface area contributed by atoms with Crippen molar-refractivity contribution in [2.24, 2.45) is 5.73 Å². The van der Waals surface area contributed by atoms with Crippen molar-refractivity contribution in [2.45, 2.75) is 39.2 Å². The van der Waals surface area contributed by atoms with Gasteiger partial charge < -0.3 is 15.4 Å². The van der Waals surface area contributed by atoms with E-state index in [2.05, 4.69) is 44.7 Å². The monoisotopic (exact) mass is 264 g/mol. The van der Waals surface area contributed by atoms with Crippen LogP contribution in [0.4, 0.5) is 0 Å². The molecule has 0 saturated carbocycles. The van der Waals surface area contributed by atoms with Crippen LogP contribution < -0.4 is 10.5 Å². The smallest absolute Gasteiger partial charge is 0.127 e. The third-order valence-electron chi connectivity index (χ3n) is 3.24. The first-order valence-electron chi connectivity index (χ1n) is 6.76. The quantitative estimate of drug-likeness (QED) is 0.909. The summed E-state index contributed by atoms with van der Waals surface area (Å²) in [6.45, 7) is 9.52. The van der Waals surface area contributed by atoms with Crippen molar-refractivity contribution in [3.8, 4) is 5.75 Å².